The molecular formula is C16H34N4O4S2. The van der Waals surface area contributed by atoms with Crippen molar-refractivity contribution in [2.75, 3.05) is 63.9 Å². The molecule has 8 nitrogen and oxygen atoms in total. The van der Waals surface area contributed by atoms with Gasteiger partial charge in [-0.3, -0.25) is 0 Å². The van der Waals surface area contributed by atoms with Gasteiger partial charge in [-0.1, -0.05) is 6.92 Å². The molecule has 2 fully saturated rings. The molecule has 0 aromatic carbocycles. The first-order chi connectivity index (χ1) is 12.3. The fourth-order valence-corrected chi connectivity index (χ4v) is 6.62. The second-order valence-electron chi connectivity index (χ2n) is 7.30. The molecule has 26 heavy (non-hydrogen) atoms. The summed E-state index contributed by atoms with van der Waals surface area (Å²) in [4.78, 5) is 2.32. The summed E-state index contributed by atoms with van der Waals surface area (Å²) in [5, 5.41) is 0. The lowest BCUT2D eigenvalue weighted by Crippen LogP contribution is -2.51. The number of likely N-dealkylation sites (tertiary alicyclic amines) is 1. The molecule has 2 N–H and O–H groups in total. The number of piperidine rings is 1. The van der Waals surface area contributed by atoms with Gasteiger partial charge in [0.25, 0.3) is 0 Å². The van der Waals surface area contributed by atoms with Crippen molar-refractivity contribution in [2.45, 2.75) is 32.6 Å². The molecule has 0 atom stereocenters. The van der Waals surface area contributed by atoms with E-state index in [1.54, 1.807) is 0 Å². The summed E-state index contributed by atoms with van der Waals surface area (Å²) < 4.78 is 52.1. The average molecular weight is 411 g/mol. The van der Waals surface area contributed by atoms with Crippen molar-refractivity contribution >= 4 is 20.0 Å². The van der Waals surface area contributed by atoms with Crippen LogP contribution >= 0.6 is 0 Å². The Kier molecular flexibility index (Phi) is 8.30. The largest absolute Gasteiger partial charge is 0.330 e. The molecule has 0 aromatic heterocycles. The van der Waals surface area contributed by atoms with Crippen LogP contribution in [-0.2, 0) is 20.0 Å². The van der Waals surface area contributed by atoms with E-state index in [2.05, 4.69) is 4.90 Å². The van der Waals surface area contributed by atoms with Crippen LogP contribution in [0.3, 0.4) is 0 Å². The Hall–Kier alpha value is -0.260. The van der Waals surface area contributed by atoms with E-state index in [4.69, 9.17) is 5.73 Å². The Morgan fingerprint density at radius 1 is 0.846 bits per heavy atom. The van der Waals surface area contributed by atoms with Crippen molar-refractivity contribution in [3.8, 4) is 0 Å². The van der Waals surface area contributed by atoms with E-state index in [-0.39, 0.29) is 37.7 Å². The number of nitrogens with zero attached hydrogens (tertiary/aromatic N) is 3. The maximum absolute atomic E-state index is 12.5. The summed E-state index contributed by atoms with van der Waals surface area (Å²) >= 11 is 0. The normalized spacial score (nSPS) is 22.7. The molecule has 10 heteroatoms. The number of hydrogen-bond donors (Lipinski definition) is 1. The Morgan fingerprint density at radius 3 is 1.81 bits per heavy atom. The smallest absolute Gasteiger partial charge is 0.214 e. The molecule has 0 spiro atoms. The highest BCUT2D eigenvalue weighted by Gasteiger charge is 2.31. The van der Waals surface area contributed by atoms with Crippen LogP contribution in [-0.4, -0.2) is 94.2 Å². The van der Waals surface area contributed by atoms with Gasteiger partial charge < -0.3 is 10.6 Å². The lowest BCUT2D eigenvalue weighted by molar-refractivity contribution is 0.188. The number of rotatable bonds is 9. The average Bonchev–Trinajstić information content (AvgIpc) is 2.62. The maximum Gasteiger partial charge on any atom is 0.214 e. The standard InChI is InChI=1S/C16H34N4O4S2/c1-2-13-25(21,22)19-9-11-20(12-10-19)26(23,24)14-3-6-18-7-4-16(15-17)5-8-18/h16H,2-15,17H2,1H3. The molecule has 0 aliphatic carbocycles. The highest BCUT2D eigenvalue weighted by atomic mass is 32.2. The van der Waals surface area contributed by atoms with Crippen molar-refractivity contribution < 1.29 is 16.8 Å². The molecule has 154 valence electrons. The molecule has 0 saturated carbocycles. The predicted octanol–water partition coefficient (Wildman–Crippen LogP) is -0.266. The molecule has 0 radical (unpaired) electrons. The summed E-state index contributed by atoms with van der Waals surface area (Å²) in [6.07, 6.45) is 3.38. The summed E-state index contributed by atoms with van der Waals surface area (Å²) in [7, 11) is -6.56. The first-order valence-corrected chi connectivity index (χ1v) is 12.9. The zero-order valence-corrected chi connectivity index (χ0v) is 17.5. The molecule has 2 heterocycles. The van der Waals surface area contributed by atoms with E-state index in [1.807, 2.05) is 6.92 Å². The molecule has 2 rings (SSSR count). The van der Waals surface area contributed by atoms with Crippen LogP contribution < -0.4 is 5.73 Å². The zero-order chi connectivity index (χ0) is 19.2. The van der Waals surface area contributed by atoms with Crippen molar-refractivity contribution in [1.29, 1.82) is 0 Å². The molecule has 0 amide bonds. The van der Waals surface area contributed by atoms with E-state index in [0.29, 0.717) is 18.8 Å². The van der Waals surface area contributed by atoms with Gasteiger partial charge in [0.1, 0.15) is 0 Å². The predicted molar refractivity (Wildman–Crippen MR) is 104 cm³/mol. The summed E-state index contributed by atoms with van der Waals surface area (Å²) in [6, 6.07) is 0. The second kappa shape index (κ2) is 9.79. The highest BCUT2D eigenvalue weighted by Crippen LogP contribution is 2.17. The van der Waals surface area contributed by atoms with Crippen molar-refractivity contribution in [1.82, 2.24) is 13.5 Å². The van der Waals surface area contributed by atoms with E-state index in [0.717, 1.165) is 39.0 Å². The number of sulfonamides is 2. The van der Waals surface area contributed by atoms with Gasteiger partial charge in [-0.2, -0.15) is 8.61 Å². The topological polar surface area (TPSA) is 104 Å². The lowest BCUT2D eigenvalue weighted by atomic mass is 9.97. The fraction of sp³-hybridized carbons (Fsp3) is 1.00. The van der Waals surface area contributed by atoms with Crippen molar-refractivity contribution in [3.05, 3.63) is 0 Å². The summed E-state index contributed by atoms with van der Waals surface area (Å²) in [5.41, 5.74) is 5.70. The highest BCUT2D eigenvalue weighted by molar-refractivity contribution is 7.89. The van der Waals surface area contributed by atoms with Crippen LogP contribution in [0.2, 0.25) is 0 Å². The molecule has 0 unspecified atom stereocenters. The van der Waals surface area contributed by atoms with Crippen LogP contribution in [0.1, 0.15) is 32.6 Å². The third-order valence-electron chi connectivity index (χ3n) is 5.36. The molecule has 2 saturated heterocycles. The number of piperazine rings is 1. The van der Waals surface area contributed by atoms with E-state index in [1.165, 1.54) is 8.61 Å². The van der Waals surface area contributed by atoms with E-state index >= 15 is 0 Å². The van der Waals surface area contributed by atoms with E-state index < -0.39 is 20.0 Å². The minimum atomic E-state index is -3.32. The molecule has 0 aromatic rings. The third kappa shape index (κ3) is 6.13. The number of nitrogens with two attached hydrogens (primary N) is 1. The van der Waals surface area contributed by atoms with Gasteiger partial charge in [-0.25, -0.2) is 16.8 Å². The molecule has 2 aliphatic rings. The van der Waals surface area contributed by atoms with Crippen LogP contribution in [0, 0.1) is 5.92 Å². The first kappa shape index (κ1) is 22.0. The molecule has 0 bridgehead atoms. The minimum Gasteiger partial charge on any atom is -0.330 e. The van der Waals surface area contributed by atoms with Gasteiger partial charge in [-0.15, -0.1) is 0 Å². The Labute approximate surface area is 158 Å². The monoisotopic (exact) mass is 410 g/mol. The van der Waals surface area contributed by atoms with Crippen LogP contribution in [0.4, 0.5) is 0 Å². The minimum absolute atomic E-state index is 0.126. The Bertz CT molecular complexity index is 623. The van der Waals surface area contributed by atoms with E-state index in [9.17, 15) is 16.8 Å². The zero-order valence-electron chi connectivity index (χ0n) is 15.8. The summed E-state index contributed by atoms with van der Waals surface area (Å²) in [5.74, 6) is 0.863. The fourth-order valence-electron chi connectivity index (χ4n) is 3.66. The van der Waals surface area contributed by atoms with Crippen LogP contribution in [0.5, 0.6) is 0 Å². The van der Waals surface area contributed by atoms with Gasteiger partial charge in [0.2, 0.25) is 20.0 Å². The van der Waals surface area contributed by atoms with Gasteiger partial charge in [0.15, 0.2) is 0 Å². The second-order valence-corrected chi connectivity index (χ2v) is 11.5. The SMILES string of the molecule is CCCS(=O)(=O)N1CCN(S(=O)(=O)CCCN2CCC(CN)CC2)CC1. The number of hydrogen-bond acceptors (Lipinski definition) is 6. The van der Waals surface area contributed by atoms with Crippen molar-refractivity contribution in [3.63, 3.8) is 0 Å². The maximum atomic E-state index is 12.5. The van der Waals surface area contributed by atoms with Crippen LogP contribution in [0.25, 0.3) is 0 Å². The summed E-state index contributed by atoms with van der Waals surface area (Å²) in [6.45, 7) is 6.38. The van der Waals surface area contributed by atoms with Gasteiger partial charge in [-0.05, 0) is 57.8 Å². The Balaban J connectivity index is 1.74. The molecule has 2 aliphatic heterocycles. The van der Waals surface area contributed by atoms with Gasteiger partial charge in [0, 0.05) is 26.2 Å². The lowest BCUT2D eigenvalue weighted by Gasteiger charge is -2.34. The first-order valence-electron chi connectivity index (χ1n) is 9.66. The Morgan fingerprint density at radius 2 is 1.35 bits per heavy atom. The molecular weight excluding hydrogens is 376 g/mol. The quantitative estimate of drug-likeness (QED) is 0.561. The van der Waals surface area contributed by atoms with Crippen LogP contribution in [0.15, 0.2) is 0 Å². The van der Waals surface area contributed by atoms with Crippen molar-refractivity contribution in [2.24, 2.45) is 11.7 Å². The van der Waals surface area contributed by atoms with Gasteiger partial charge >= 0.3 is 0 Å². The van der Waals surface area contributed by atoms with Gasteiger partial charge in [0.05, 0.1) is 11.5 Å². The third-order valence-corrected chi connectivity index (χ3v) is 9.40.